The molecule has 1 aromatic heterocycles. The first kappa shape index (κ1) is 21.1. The van der Waals surface area contributed by atoms with Crippen molar-refractivity contribution in [3.63, 3.8) is 0 Å². The summed E-state index contributed by atoms with van der Waals surface area (Å²) in [7, 11) is 0. The Hall–Kier alpha value is -3.41. The molecule has 6 rings (SSSR count). The second kappa shape index (κ2) is 7.55. The van der Waals surface area contributed by atoms with Gasteiger partial charge in [-0.25, -0.2) is 4.68 Å². The molecular formula is C23H24N4O7. The van der Waals surface area contributed by atoms with E-state index in [0.29, 0.717) is 11.5 Å². The fourth-order valence-electron chi connectivity index (χ4n) is 6.01. The van der Waals surface area contributed by atoms with Gasteiger partial charge in [-0.05, 0) is 0 Å². The largest absolute Gasteiger partial charge is 0.504 e. The van der Waals surface area contributed by atoms with Crippen LogP contribution in [0.1, 0.15) is 13.0 Å². The van der Waals surface area contributed by atoms with Crippen molar-refractivity contribution in [2.24, 2.45) is 17.8 Å². The van der Waals surface area contributed by atoms with Gasteiger partial charge in [-0.3, -0.25) is 4.79 Å². The summed E-state index contributed by atoms with van der Waals surface area (Å²) in [5.74, 6) is -2.08. The highest BCUT2D eigenvalue weighted by Gasteiger charge is 2.61. The highest BCUT2D eigenvalue weighted by molar-refractivity contribution is 5.97. The van der Waals surface area contributed by atoms with E-state index in [1.54, 1.807) is 6.20 Å². The Balaban J connectivity index is 1.53. The lowest BCUT2D eigenvalue weighted by molar-refractivity contribution is -0.163. The van der Waals surface area contributed by atoms with Crippen LogP contribution >= 0.6 is 0 Å². The van der Waals surface area contributed by atoms with Gasteiger partial charge in [0.25, 0.3) is 5.91 Å². The summed E-state index contributed by atoms with van der Waals surface area (Å²) in [5.41, 5.74) is 1.49. The van der Waals surface area contributed by atoms with Crippen molar-refractivity contribution >= 4 is 5.91 Å². The maximum atomic E-state index is 13.1. The summed E-state index contributed by atoms with van der Waals surface area (Å²) in [6.07, 6.45) is -2.85. The van der Waals surface area contributed by atoms with Crippen molar-refractivity contribution < 1.29 is 34.7 Å². The van der Waals surface area contributed by atoms with Gasteiger partial charge >= 0.3 is 0 Å². The average Bonchev–Trinajstić information content (AvgIpc) is 3.52. The van der Waals surface area contributed by atoms with E-state index in [2.05, 4.69) is 15.6 Å². The first-order chi connectivity index (χ1) is 16.4. The molecule has 3 heterocycles. The molecule has 34 heavy (non-hydrogen) atoms. The number of hydrogen-bond acceptors (Lipinski definition) is 9. The van der Waals surface area contributed by atoms with E-state index >= 15 is 0 Å². The lowest BCUT2D eigenvalue weighted by Crippen LogP contribution is -2.69. The van der Waals surface area contributed by atoms with Crippen LogP contribution in [0.2, 0.25) is 0 Å². The lowest BCUT2D eigenvalue weighted by Gasteiger charge is -2.53. The van der Waals surface area contributed by atoms with Crippen LogP contribution in [0.4, 0.5) is 0 Å². The predicted octanol–water partition coefficient (Wildman–Crippen LogP) is -0.00900. The molecule has 8 atom stereocenters. The summed E-state index contributed by atoms with van der Waals surface area (Å²) >= 11 is 0. The SMILES string of the molecule is CC1C2=C(OCO2)C(O)=C2C(=O)N[C@@H]3C(C21)[C@@H](n1nncc1-c1ccccc1)[C@H](O)[C@@H](O)[C@H]3O. The number of rotatable bonds is 2. The Morgan fingerprint density at radius 2 is 1.85 bits per heavy atom. The monoisotopic (exact) mass is 468 g/mol. The number of allylic oxidation sites excluding steroid dienone is 1. The Labute approximate surface area is 193 Å². The minimum atomic E-state index is -1.54. The molecule has 2 aliphatic heterocycles. The van der Waals surface area contributed by atoms with Gasteiger partial charge in [0.2, 0.25) is 12.6 Å². The van der Waals surface area contributed by atoms with E-state index in [-0.39, 0.29) is 23.9 Å². The molecule has 2 fully saturated rings. The van der Waals surface area contributed by atoms with Crippen molar-refractivity contribution in [2.75, 3.05) is 6.79 Å². The molecule has 1 amide bonds. The molecule has 1 aromatic carbocycles. The average molecular weight is 468 g/mol. The van der Waals surface area contributed by atoms with Crippen LogP contribution in [-0.4, -0.2) is 72.5 Å². The molecule has 11 heteroatoms. The standard InChI is InChI=1S/C23H24N4O7/c1-9-12-13-15(25-23(32)14(12)17(28)22-21(9)33-8-34-22)18(29)20(31)19(30)16(13)27-11(7-24-26-27)10-5-3-2-4-6-10/h2-7,9,12-13,15-16,18-20,28-31H,8H2,1H3,(H,25,32)/t9?,12?,13?,15-,16-,18+,19+,20+/m1/s1. The Kier molecular flexibility index (Phi) is 4.70. The topological polar surface area (TPSA) is 159 Å². The van der Waals surface area contributed by atoms with Crippen molar-refractivity contribution in [1.82, 2.24) is 20.3 Å². The molecule has 0 spiro atoms. The zero-order valence-electron chi connectivity index (χ0n) is 18.1. The Morgan fingerprint density at radius 1 is 1.09 bits per heavy atom. The molecule has 3 unspecified atom stereocenters. The molecule has 2 aliphatic carbocycles. The molecule has 11 nitrogen and oxygen atoms in total. The number of aromatic nitrogens is 3. The highest BCUT2D eigenvalue weighted by atomic mass is 16.7. The molecule has 0 bridgehead atoms. The van der Waals surface area contributed by atoms with Crippen molar-refractivity contribution in [3.05, 3.63) is 59.4 Å². The van der Waals surface area contributed by atoms with Gasteiger partial charge in [0.05, 0.1) is 29.5 Å². The number of hydrogen-bond donors (Lipinski definition) is 5. The van der Waals surface area contributed by atoms with E-state index in [1.807, 2.05) is 37.3 Å². The summed E-state index contributed by atoms with van der Waals surface area (Å²) in [6.45, 7) is 1.76. The third-order valence-corrected chi connectivity index (χ3v) is 7.51. The third-order valence-electron chi connectivity index (χ3n) is 7.51. The lowest BCUT2D eigenvalue weighted by atomic mass is 9.60. The maximum absolute atomic E-state index is 13.1. The molecule has 178 valence electrons. The summed E-state index contributed by atoms with van der Waals surface area (Å²) in [4.78, 5) is 13.1. The number of amides is 1. The van der Waals surface area contributed by atoms with Gasteiger partial charge in [0.15, 0.2) is 5.76 Å². The number of aliphatic hydroxyl groups excluding tert-OH is 4. The van der Waals surface area contributed by atoms with Crippen LogP contribution in [0, 0.1) is 17.8 Å². The van der Waals surface area contributed by atoms with Gasteiger partial charge in [0, 0.05) is 23.3 Å². The molecule has 1 saturated heterocycles. The molecule has 2 aromatic rings. The van der Waals surface area contributed by atoms with Crippen LogP contribution in [0.3, 0.4) is 0 Å². The van der Waals surface area contributed by atoms with Gasteiger partial charge in [-0.2, -0.15) is 0 Å². The summed E-state index contributed by atoms with van der Waals surface area (Å²) < 4.78 is 12.6. The van der Waals surface area contributed by atoms with Crippen molar-refractivity contribution in [1.29, 1.82) is 0 Å². The Bertz CT molecular complexity index is 1210. The van der Waals surface area contributed by atoms with Gasteiger partial charge < -0.3 is 35.2 Å². The molecule has 5 N–H and O–H groups in total. The van der Waals surface area contributed by atoms with E-state index < -0.39 is 54.1 Å². The number of piperidine rings is 1. The zero-order valence-corrected chi connectivity index (χ0v) is 18.1. The van der Waals surface area contributed by atoms with Gasteiger partial charge in [0.1, 0.15) is 24.1 Å². The zero-order chi connectivity index (χ0) is 23.7. The number of nitrogens with zero attached hydrogens (tertiary/aromatic N) is 3. The van der Waals surface area contributed by atoms with Crippen LogP contribution in [0.15, 0.2) is 59.4 Å². The van der Waals surface area contributed by atoms with Gasteiger partial charge in [-0.1, -0.05) is 42.5 Å². The predicted molar refractivity (Wildman–Crippen MR) is 114 cm³/mol. The van der Waals surface area contributed by atoms with Crippen LogP contribution in [0.5, 0.6) is 0 Å². The number of ether oxygens (including phenoxy) is 2. The minimum Gasteiger partial charge on any atom is -0.504 e. The van der Waals surface area contributed by atoms with Crippen LogP contribution in [-0.2, 0) is 14.3 Å². The second-order valence-electron chi connectivity index (χ2n) is 9.15. The molecular weight excluding hydrogens is 444 g/mol. The first-order valence-corrected chi connectivity index (χ1v) is 11.1. The smallest absolute Gasteiger partial charge is 0.251 e. The second-order valence-corrected chi connectivity index (χ2v) is 9.15. The van der Waals surface area contributed by atoms with Crippen LogP contribution in [0.25, 0.3) is 11.3 Å². The van der Waals surface area contributed by atoms with E-state index in [9.17, 15) is 25.2 Å². The van der Waals surface area contributed by atoms with Gasteiger partial charge in [-0.15, -0.1) is 5.10 Å². The summed E-state index contributed by atoms with van der Waals surface area (Å²) in [6, 6.07) is 7.53. The van der Waals surface area contributed by atoms with E-state index in [4.69, 9.17) is 9.47 Å². The fourth-order valence-corrected chi connectivity index (χ4v) is 6.01. The number of aliphatic hydroxyl groups is 4. The number of benzene rings is 1. The van der Waals surface area contributed by atoms with Crippen molar-refractivity contribution in [3.8, 4) is 11.3 Å². The van der Waals surface area contributed by atoms with E-state index in [1.165, 1.54) is 4.68 Å². The maximum Gasteiger partial charge on any atom is 0.251 e. The van der Waals surface area contributed by atoms with Crippen molar-refractivity contribution in [2.45, 2.75) is 37.3 Å². The fraction of sp³-hybridized carbons (Fsp3) is 0.435. The highest BCUT2D eigenvalue weighted by Crippen LogP contribution is 2.53. The quantitative estimate of drug-likeness (QED) is 0.409. The molecule has 1 saturated carbocycles. The Morgan fingerprint density at radius 3 is 2.62 bits per heavy atom. The number of nitrogens with one attached hydrogen (secondary N) is 1. The number of fused-ring (bicyclic) bond motifs is 3. The van der Waals surface area contributed by atoms with E-state index in [0.717, 1.165) is 5.56 Å². The minimum absolute atomic E-state index is 0.0800. The van der Waals surface area contributed by atoms with Crippen LogP contribution < -0.4 is 5.32 Å². The number of carbonyl (C=O) groups is 1. The number of carbonyl (C=O) groups excluding carboxylic acids is 1. The summed E-state index contributed by atoms with van der Waals surface area (Å²) in [5, 5.41) is 54.8. The third kappa shape index (κ3) is 2.77. The molecule has 0 radical (unpaired) electrons. The first-order valence-electron chi connectivity index (χ1n) is 11.1. The molecule has 4 aliphatic rings. The normalized spacial score (nSPS) is 36.8.